The van der Waals surface area contributed by atoms with E-state index in [1.165, 1.54) is 5.56 Å². The van der Waals surface area contributed by atoms with Crippen molar-refractivity contribution in [3.05, 3.63) is 54.2 Å². The van der Waals surface area contributed by atoms with Crippen LogP contribution < -0.4 is 10.2 Å². The van der Waals surface area contributed by atoms with Gasteiger partial charge in [0, 0.05) is 25.0 Å². The van der Waals surface area contributed by atoms with Crippen LogP contribution in [0.4, 0.5) is 11.6 Å². The Balaban J connectivity index is 1.48. The maximum Gasteiger partial charge on any atom is 0.231 e. The average Bonchev–Trinajstić information content (AvgIpc) is 3.12. The minimum atomic E-state index is -0.0508. The number of hydrogen-bond donors (Lipinski definition) is 1. The number of anilines is 2. The Bertz CT molecular complexity index is 919. The first kappa shape index (κ1) is 16.6. The lowest BCUT2D eigenvalue weighted by Crippen LogP contribution is -2.41. The molecule has 6 heteroatoms. The highest BCUT2D eigenvalue weighted by molar-refractivity contribution is 5.93. The highest BCUT2D eigenvalue weighted by Gasteiger charge is 2.28. The van der Waals surface area contributed by atoms with E-state index in [1.807, 2.05) is 47.0 Å². The molecule has 2 aromatic heterocycles. The fraction of sp³-hybridized carbons (Fsp3) is 0.350. The van der Waals surface area contributed by atoms with E-state index >= 15 is 0 Å². The molecule has 0 unspecified atom stereocenters. The summed E-state index contributed by atoms with van der Waals surface area (Å²) in [5.74, 6) is 0.841. The molecule has 1 aliphatic rings. The molecular formula is C20H23N5O. The van der Waals surface area contributed by atoms with Crippen molar-refractivity contribution in [1.82, 2.24) is 14.6 Å². The number of aryl methyl sites for hydroxylation is 1. The van der Waals surface area contributed by atoms with Crippen LogP contribution in [-0.4, -0.2) is 33.6 Å². The highest BCUT2D eigenvalue weighted by Crippen LogP contribution is 2.23. The Morgan fingerprint density at radius 2 is 2.15 bits per heavy atom. The summed E-state index contributed by atoms with van der Waals surface area (Å²) in [5.41, 5.74) is 2.92. The van der Waals surface area contributed by atoms with Gasteiger partial charge in [0.2, 0.25) is 11.9 Å². The maximum atomic E-state index is 12.8. The number of piperidine rings is 1. The van der Waals surface area contributed by atoms with Gasteiger partial charge in [0.25, 0.3) is 0 Å². The van der Waals surface area contributed by atoms with Gasteiger partial charge in [-0.3, -0.25) is 9.20 Å². The quantitative estimate of drug-likeness (QED) is 0.786. The van der Waals surface area contributed by atoms with Crippen LogP contribution in [0.25, 0.3) is 5.65 Å². The van der Waals surface area contributed by atoms with Gasteiger partial charge in [0.15, 0.2) is 5.65 Å². The van der Waals surface area contributed by atoms with E-state index in [2.05, 4.69) is 33.4 Å². The van der Waals surface area contributed by atoms with Crippen molar-refractivity contribution in [2.75, 3.05) is 23.3 Å². The molecule has 1 saturated heterocycles. The molecule has 1 atom stereocenters. The second-order valence-corrected chi connectivity index (χ2v) is 6.76. The summed E-state index contributed by atoms with van der Waals surface area (Å²) in [7, 11) is 0. The van der Waals surface area contributed by atoms with Crippen molar-refractivity contribution in [3.63, 3.8) is 0 Å². The zero-order chi connectivity index (χ0) is 17.9. The number of hydrogen-bond acceptors (Lipinski definition) is 4. The molecule has 6 nitrogen and oxygen atoms in total. The number of benzene rings is 1. The lowest BCUT2D eigenvalue weighted by molar-refractivity contribution is -0.120. The molecule has 0 saturated carbocycles. The summed E-state index contributed by atoms with van der Waals surface area (Å²) in [6.07, 6.45) is 4.78. The lowest BCUT2D eigenvalue weighted by atomic mass is 9.97. The molecule has 1 aromatic carbocycles. The minimum Gasteiger partial charge on any atom is -0.340 e. The van der Waals surface area contributed by atoms with Gasteiger partial charge >= 0.3 is 0 Å². The summed E-state index contributed by atoms with van der Waals surface area (Å²) in [5, 5.41) is 11.6. The third kappa shape index (κ3) is 3.27. The summed E-state index contributed by atoms with van der Waals surface area (Å²) in [4.78, 5) is 14.9. The molecule has 0 aliphatic carbocycles. The zero-order valence-corrected chi connectivity index (χ0v) is 14.9. The first-order chi connectivity index (χ1) is 12.7. The molecule has 0 bridgehead atoms. The first-order valence-corrected chi connectivity index (χ1v) is 9.19. The van der Waals surface area contributed by atoms with Crippen LogP contribution >= 0.6 is 0 Å². The van der Waals surface area contributed by atoms with Crippen molar-refractivity contribution < 1.29 is 4.79 Å². The normalized spacial score (nSPS) is 17.4. The molecule has 0 radical (unpaired) electrons. The van der Waals surface area contributed by atoms with E-state index in [0.717, 1.165) is 43.1 Å². The number of fused-ring (bicyclic) bond motifs is 1. The standard InChI is InChI=1S/C20H23N5O/c1-2-15-7-5-9-17(13-15)21-19(26)16-8-6-11-24(14-16)20-23-22-18-10-3-4-12-25(18)20/h3-5,7,9-10,12-13,16H,2,6,8,11,14H2,1H3,(H,21,26)/t16-/m0/s1. The zero-order valence-electron chi connectivity index (χ0n) is 14.9. The summed E-state index contributed by atoms with van der Waals surface area (Å²) >= 11 is 0. The monoisotopic (exact) mass is 349 g/mol. The van der Waals surface area contributed by atoms with Gasteiger partial charge in [-0.25, -0.2) is 0 Å². The van der Waals surface area contributed by atoms with Gasteiger partial charge < -0.3 is 10.2 Å². The van der Waals surface area contributed by atoms with Gasteiger partial charge in [0.05, 0.1) is 5.92 Å². The van der Waals surface area contributed by atoms with E-state index in [-0.39, 0.29) is 11.8 Å². The van der Waals surface area contributed by atoms with E-state index in [4.69, 9.17) is 0 Å². The van der Waals surface area contributed by atoms with E-state index in [0.29, 0.717) is 6.54 Å². The second kappa shape index (κ2) is 7.15. The van der Waals surface area contributed by atoms with Crippen molar-refractivity contribution in [1.29, 1.82) is 0 Å². The van der Waals surface area contributed by atoms with Crippen LogP contribution in [0.3, 0.4) is 0 Å². The number of pyridine rings is 1. The van der Waals surface area contributed by atoms with E-state index < -0.39 is 0 Å². The Hall–Kier alpha value is -2.89. The van der Waals surface area contributed by atoms with Gasteiger partial charge in [0.1, 0.15) is 0 Å². The number of amides is 1. The molecule has 26 heavy (non-hydrogen) atoms. The van der Waals surface area contributed by atoms with Crippen molar-refractivity contribution in [2.45, 2.75) is 26.2 Å². The predicted octanol–water partition coefficient (Wildman–Crippen LogP) is 3.15. The Morgan fingerprint density at radius 1 is 1.23 bits per heavy atom. The van der Waals surface area contributed by atoms with Crippen LogP contribution in [-0.2, 0) is 11.2 Å². The van der Waals surface area contributed by atoms with Gasteiger partial charge in [-0.2, -0.15) is 0 Å². The maximum absolute atomic E-state index is 12.8. The number of nitrogens with zero attached hydrogens (tertiary/aromatic N) is 4. The molecule has 4 rings (SSSR count). The molecule has 1 amide bonds. The smallest absolute Gasteiger partial charge is 0.231 e. The lowest BCUT2D eigenvalue weighted by Gasteiger charge is -2.32. The average molecular weight is 349 g/mol. The summed E-state index contributed by atoms with van der Waals surface area (Å²) in [6.45, 7) is 3.67. The third-order valence-electron chi connectivity index (χ3n) is 4.97. The van der Waals surface area contributed by atoms with Crippen molar-refractivity contribution in [2.24, 2.45) is 5.92 Å². The third-order valence-corrected chi connectivity index (χ3v) is 4.97. The Morgan fingerprint density at radius 3 is 3.04 bits per heavy atom. The summed E-state index contributed by atoms with van der Waals surface area (Å²) in [6, 6.07) is 13.9. The molecule has 1 fully saturated rings. The second-order valence-electron chi connectivity index (χ2n) is 6.76. The van der Waals surface area contributed by atoms with Crippen LogP contribution in [0, 0.1) is 5.92 Å². The largest absolute Gasteiger partial charge is 0.340 e. The molecule has 134 valence electrons. The first-order valence-electron chi connectivity index (χ1n) is 9.19. The van der Waals surface area contributed by atoms with E-state index in [9.17, 15) is 4.79 Å². The van der Waals surface area contributed by atoms with Gasteiger partial charge in [-0.15, -0.1) is 10.2 Å². The fourth-order valence-corrected chi connectivity index (χ4v) is 3.53. The van der Waals surface area contributed by atoms with Crippen LogP contribution in [0.15, 0.2) is 48.7 Å². The number of carbonyl (C=O) groups excluding carboxylic acids is 1. The topological polar surface area (TPSA) is 62.5 Å². The fourth-order valence-electron chi connectivity index (χ4n) is 3.53. The highest BCUT2D eigenvalue weighted by atomic mass is 16.1. The predicted molar refractivity (Wildman–Crippen MR) is 102 cm³/mol. The molecule has 3 aromatic rings. The number of rotatable bonds is 4. The van der Waals surface area contributed by atoms with Gasteiger partial charge in [-0.1, -0.05) is 25.1 Å². The Kier molecular flexibility index (Phi) is 4.56. The number of nitrogens with one attached hydrogen (secondary N) is 1. The minimum absolute atomic E-state index is 0.0508. The van der Waals surface area contributed by atoms with Gasteiger partial charge in [-0.05, 0) is 49.1 Å². The molecular weight excluding hydrogens is 326 g/mol. The van der Waals surface area contributed by atoms with Crippen LogP contribution in [0.2, 0.25) is 0 Å². The molecule has 1 N–H and O–H groups in total. The number of carbonyl (C=O) groups is 1. The molecule has 3 heterocycles. The SMILES string of the molecule is CCc1cccc(NC(=O)[C@H]2CCCN(c3nnc4ccccn34)C2)c1. The summed E-state index contributed by atoms with van der Waals surface area (Å²) < 4.78 is 1.98. The number of aromatic nitrogens is 3. The van der Waals surface area contributed by atoms with Crippen LogP contribution in [0.5, 0.6) is 0 Å². The van der Waals surface area contributed by atoms with E-state index in [1.54, 1.807) is 0 Å². The Labute approximate surface area is 152 Å². The molecule has 0 spiro atoms. The molecule has 1 aliphatic heterocycles. The van der Waals surface area contributed by atoms with Crippen molar-refractivity contribution in [3.8, 4) is 0 Å². The van der Waals surface area contributed by atoms with Crippen LogP contribution in [0.1, 0.15) is 25.3 Å². The van der Waals surface area contributed by atoms with Crippen molar-refractivity contribution >= 4 is 23.2 Å².